The van der Waals surface area contributed by atoms with E-state index in [-0.39, 0.29) is 11.5 Å². The van der Waals surface area contributed by atoms with Gasteiger partial charge in [0.05, 0.1) is 0 Å². The standard InChI is InChI=1S/C14H12BrF2NO/c15-10-6-11(16)8-12(7-10)19-14-9(4-5-18)2-1-3-13(14)17/h1-3,6-8H,4-5,18H2. The smallest absolute Gasteiger partial charge is 0.166 e. The number of para-hydroxylation sites is 1. The molecule has 100 valence electrons. The fourth-order valence-electron chi connectivity index (χ4n) is 1.73. The van der Waals surface area contributed by atoms with Crippen molar-refractivity contribution >= 4 is 15.9 Å². The molecular weight excluding hydrogens is 316 g/mol. The molecule has 0 aliphatic carbocycles. The quantitative estimate of drug-likeness (QED) is 0.920. The average molecular weight is 328 g/mol. The zero-order chi connectivity index (χ0) is 13.8. The van der Waals surface area contributed by atoms with Crippen molar-refractivity contribution in [2.24, 2.45) is 5.73 Å². The lowest BCUT2D eigenvalue weighted by Crippen LogP contribution is -2.05. The Hall–Kier alpha value is -1.46. The van der Waals surface area contributed by atoms with Crippen LogP contribution in [0, 0.1) is 11.6 Å². The van der Waals surface area contributed by atoms with Gasteiger partial charge in [-0.1, -0.05) is 28.1 Å². The van der Waals surface area contributed by atoms with Gasteiger partial charge in [-0.25, -0.2) is 8.78 Å². The number of ether oxygens (including phenoxy) is 1. The minimum atomic E-state index is -0.494. The Morgan fingerprint density at radius 1 is 1.16 bits per heavy atom. The average Bonchev–Trinajstić information content (AvgIpc) is 2.32. The molecule has 0 aliphatic heterocycles. The lowest BCUT2D eigenvalue weighted by atomic mass is 10.1. The van der Waals surface area contributed by atoms with Crippen LogP contribution in [0.2, 0.25) is 0 Å². The van der Waals surface area contributed by atoms with Crippen molar-refractivity contribution in [3.63, 3.8) is 0 Å². The first-order chi connectivity index (χ1) is 9.10. The van der Waals surface area contributed by atoms with Crippen molar-refractivity contribution in [3.05, 3.63) is 58.1 Å². The maximum absolute atomic E-state index is 13.8. The molecule has 5 heteroatoms. The van der Waals surface area contributed by atoms with Gasteiger partial charge in [-0.3, -0.25) is 0 Å². The molecule has 0 amide bonds. The van der Waals surface area contributed by atoms with Gasteiger partial charge >= 0.3 is 0 Å². The third-order valence-corrected chi connectivity index (χ3v) is 2.98. The SMILES string of the molecule is NCCc1cccc(F)c1Oc1cc(F)cc(Br)c1. The fraction of sp³-hybridized carbons (Fsp3) is 0.143. The van der Waals surface area contributed by atoms with E-state index in [9.17, 15) is 8.78 Å². The first kappa shape index (κ1) is 14.0. The van der Waals surface area contributed by atoms with E-state index >= 15 is 0 Å². The van der Waals surface area contributed by atoms with Crippen molar-refractivity contribution in [2.75, 3.05) is 6.54 Å². The molecule has 0 spiro atoms. The number of nitrogens with two attached hydrogens (primary N) is 1. The second-order valence-corrected chi connectivity index (χ2v) is 4.89. The summed E-state index contributed by atoms with van der Waals surface area (Å²) in [4.78, 5) is 0. The highest BCUT2D eigenvalue weighted by molar-refractivity contribution is 9.10. The van der Waals surface area contributed by atoms with Crippen LogP contribution in [-0.2, 0) is 6.42 Å². The van der Waals surface area contributed by atoms with Crippen LogP contribution in [0.5, 0.6) is 11.5 Å². The third-order valence-electron chi connectivity index (χ3n) is 2.52. The molecule has 0 radical (unpaired) electrons. The first-order valence-electron chi connectivity index (χ1n) is 5.71. The lowest BCUT2D eigenvalue weighted by molar-refractivity contribution is 0.432. The Morgan fingerprint density at radius 3 is 2.63 bits per heavy atom. The van der Waals surface area contributed by atoms with E-state index in [1.807, 2.05) is 0 Å². The summed E-state index contributed by atoms with van der Waals surface area (Å²) in [7, 11) is 0. The van der Waals surface area contributed by atoms with Gasteiger partial charge in [-0.2, -0.15) is 0 Å². The molecular formula is C14H12BrF2NO. The van der Waals surface area contributed by atoms with Crippen molar-refractivity contribution in [1.29, 1.82) is 0 Å². The number of rotatable bonds is 4. The van der Waals surface area contributed by atoms with Crippen LogP contribution in [0.15, 0.2) is 40.9 Å². The van der Waals surface area contributed by atoms with Gasteiger partial charge in [0, 0.05) is 10.5 Å². The Morgan fingerprint density at radius 2 is 1.95 bits per heavy atom. The summed E-state index contributed by atoms with van der Waals surface area (Å²) in [6.07, 6.45) is 0.490. The normalized spacial score (nSPS) is 10.5. The van der Waals surface area contributed by atoms with Crippen molar-refractivity contribution in [3.8, 4) is 11.5 Å². The molecule has 0 unspecified atom stereocenters. The Bertz CT molecular complexity index is 569. The third kappa shape index (κ3) is 3.52. The van der Waals surface area contributed by atoms with Crippen LogP contribution >= 0.6 is 15.9 Å². The van der Waals surface area contributed by atoms with E-state index in [0.717, 1.165) is 0 Å². The zero-order valence-electron chi connectivity index (χ0n) is 10.00. The zero-order valence-corrected chi connectivity index (χ0v) is 11.6. The van der Waals surface area contributed by atoms with E-state index in [2.05, 4.69) is 15.9 Å². The molecule has 0 saturated heterocycles. The number of hydrogen-bond acceptors (Lipinski definition) is 2. The van der Waals surface area contributed by atoms with Gasteiger partial charge in [-0.05, 0) is 36.7 Å². The number of benzene rings is 2. The Labute approximate surface area is 118 Å². The van der Waals surface area contributed by atoms with E-state index < -0.39 is 11.6 Å². The molecule has 2 nitrogen and oxygen atoms in total. The highest BCUT2D eigenvalue weighted by Gasteiger charge is 2.11. The minimum Gasteiger partial charge on any atom is -0.454 e. The first-order valence-corrected chi connectivity index (χ1v) is 6.51. The summed E-state index contributed by atoms with van der Waals surface area (Å²) < 4.78 is 33.0. The minimum absolute atomic E-state index is 0.0884. The van der Waals surface area contributed by atoms with E-state index in [4.69, 9.17) is 10.5 Å². The predicted molar refractivity (Wildman–Crippen MR) is 73.3 cm³/mol. The molecule has 0 atom stereocenters. The maximum Gasteiger partial charge on any atom is 0.166 e. The molecule has 2 aromatic carbocycles. The molecule has 19 heavy (non-hydrogen) atoms. The van der Waals surface area contributed by atoms with Gasteiger partial charge in [0.15, 0.2) is 11.6 Å². The van der Waals surface area contributed by atoms with Gasteiger partial charge < -0.3 is 10.5 Å². The molecule has 2 rings (SSSR count). The van der Waals surface area contributed by atoms with Crippen LogP contribution in [0.3, 0.4) is 0 Å². The Balaban J connectivity index is 2.36. The molecule has 0 fully saturated rings. The van der Waals surface area contributed by atoms with Crippen molar-refractivity contribution in [1.82, 2.24) is 0 Å². The van der Waals surface area contributed by atoms with Crippen LogP contribution < -0.4 is 10.5 Å². The second-order valence-electron chi connectivity index (χ2n) is 3.97. The van der Waals surface area contributed by atoms with Gasteiger partial charge in [-0.15, -0.1) is 0 Å². The Kier molecular flexibility index (Phi) is 4.50. The lowest BCUT2D eigenvalue weighted by Gasteiger charge is -2.12. The highest BCUT2D eigenvalue weighted by atomic mass is 79.9. The van der Waals surface area contributed by atoms with E-state index in [1.165, 1.54) is 18.2 Å². The molecule has 0 aliphatic rings. The van der Waals surface area contributed by atoms with E-state index in [1.54, 1.807) is 18.2 Å². The maximum atomic E-state index is 13.8. The molecule has 2 aromatic rings. The summed E-state index contributed by atoms with van der Waals surface area (Å²) in [5.41, 5.74) is 6.13. The van der Waals surface area contributed by atoms with Gasteiger partial charge in [0.2, 0.25) is 0 Å². The highest BCUT2D eigenvalue weighted by Crippen LogP contribution is 2.30. The topological polar surface area (TPSA) is 35.2 Å². The summed E-state index contributed by atoms with van der Waals surface area (Å²) in [6, 6.07) is 8.69. The van der Waals surface area contributed by atoms with Crippen LogP contribution in [0.25, 0.3) is 0 Å². The predicted octanol–water partition coefficient (Wildman–Crippen LogP) is 4.02. The second kappa shape index (κ2) is 6.12. The van der Waals surface area contributed by atoms with Crippen molar-refractivity contribution < 1.29 is 13.5 Å². The number of halogens is 3. The summed E-state index contributed by atoms with van der Waals surface area (Å²) >= 11 is 3.16. The fourth-order valence-corrected chi connectivity index (χ4v) is 2.17. The molecule has 0 bridgehead atoms. The largest absolute Gasteiger partial charge is 0.454 e. The van der Waals surface area contributed by atoms with Crippen molar-refractivity contribution in [2.45, 2.75) is 6.42 Å². The summed E-state index contributed by atoms with van der Waals surface area (Å²) in [5.74, 6) is -0.631. The molecule has 0 saturated carbocycles. The monoisotopic (exact) mass is 327 g/mol. The number of hydrogen-bond donors (Lipinski definition) is 1. The summed E-state index contributed by atoms with van der Waals surface area (Å²) in [6.45, 7) is 0.382. The molecule has 2 N–H and O–H groups in total. The van der Waals surface area contributed by atoms with Crippen LogP contribution in [0.4, 0.5) is 8.78 Å². The van der Waals surface area contributed by atoms with Gasteiger partial charge in [0.1, 0.15) is 11.6 Å². The molecule has 0 aromatic heterocycles. The van der Waals surface area contributed by atoms with Crippen LogP contribution in [0.1, 0.15) is 5.56 Å². The van der Waals surface area contributed by atoms with E-state index in [0.29, 0.717) is 23.0 Å². The molecule has 0 heterocycles. The van der Waals surface area contributed by atoms with Gasteiger partial charge in [0.25, 0.3) is 0 Å². The summed E-state index contributed by atoms with van der Waals surface area (Å²) in [5, 5.41) is 0. The van der Waals surface area contributed by atoms with Crippen LogP contribution in [-0.4, -0.2) is 6.54 Å².